The van der Waals surface area contributed by atoms with Gasteiger partial charge in [0.25, 0.3) is 0 Å². The molecule has 2 N–H and O–H groups in total. The Morgan fingerprint density at radius 3 is 2.35 bits per heavy atom. The fraction of sp³-hybridized carbons (Fsp3) is 0.769. The highest BCUT2D eigenvalue weighted by Gasteiger charge is 2.40. The second-order valence-electron chi connectivity index (χ2n) is 5.24. The summed E-state index contributed by atoms with van der Waals surface area (Å²) in [5, 5.41) is 0. The Morgan fingerprint density at radius 2 is 1.82 bits per heavy atom. The van der Waals surface area contributed by atoms with Crippen LogP contribution in [0.4, 0.5) is 0 Å². The maximum Gasteiger partial charge on any atom is 0.242 e. The summed E-state index contributed by atoms with van der Waals surface area (Å²) in [4.78, 5) is 16.6. The summed E-state index contributed by atoms with van der Waals surface area (Å²) in [6, 6.07) is 0. The lowest BCUT2D eigenvalue weighted by molar-refractivity contribution is -0.138. The number of amides is 1. The molecule has 0 aromatic heterocycles. The predicted molar refractivity (Wildman–Crippen MR) is 68.6 cm³/mol. The van der Waals surface area contributed by atoms with Gasteiger partial charge >= 0.3 is 0 Å². The Kier molecular flexibility index (Phi) is 3.84. The largest absolute Gasteiger partial charge is 0.339 e. The van der Waals surface area contributed by atoms with Crippen molar-refractivity contribution in [2.45, 2.75) is 31.2 Å². The number of hydrogen-bond donors (Lipinski definition) is 1. The van der Waals surface area contributed by atoms with E-state index in [0.717, 1.165) is 58.4 Å². The van der Waals surface area contributed by atoms with Crippen molar-refractivity contribution in [3.63, 3.8) is 0 Å². The van der Waals surface area contributed by atoms with Gasteiger partial charge in [0.15, 0.2) is 0 Å². The molecule has 2 fully saturated rings. The molecule has 96 valence electrons. The second kappa shape index (κ2) is 5.19. The Bertz CT molecular complexity index is 289. The van der Waals surface area contributed by atoms with E-state index in [9.17, 15) is 4.79 Å². The van der Waals surface area contributed by atoms with E-state index in [0.29, 0.717) is 0 Å². The van der Waals surface area contributed by atoms with Crippen LogP contribution in [0.25, 0.3) is 0 Å². The molecule has 17 heavy (non-hydrogen) atoms. The van der Waals surface area contributed by atoms with Gasteiger partial charge in [-0.2, -0.15) is 0 Å². The average Bonchev–Trinajstić information content (AvgIpc) is 2.78. The van der Waals surface area contributed by atoms with E-state index >= 15 is 0 Å². The maximum absolute atomic E-state index is 12.3. The fourth-order valence-electron chi connectivity index (χ4n) is 2.85. The molecule has 2 aliphatic rings. The lowest BCUT2D eigenvalue weighted by Crippen LogP contribution is -2.58. The molecule has 1 aliphatic heterocycles. The smallest absolute Gasteiger partial charge is 0.242 e. The zero-order valence-corrected chi connectivity index (χ0v) is 10.5. The molecule has 0 atom stereocenters. The monoisotopic (exact) mass is 237 g/mol. The molecule has 1 heterocycles. The molecular formula is C13H23N3O. The van der Waals surface area contributed by atoms with E-state index in [-0.39, 0.29) is 5.91 Å². The zero-order chi connectivity index (χ0) is 12.3. The van der Waals surface area contributed by atoms with Crippen molar-refractivity contribution in [2.24, 2.45) is 5.73 Å². The van der Waals surface area contributed by atoms with Gasteiger partial charge in [-0.05, 0) is 12.8 Å². The van der Waals surface area contributed by atoms with Crippen LogP contribution >= 0.6 is 0 Å². The summed E-state index contributed by atoms with van der Waals surface area (Å²) in [7, 11) is 0. The highest BCUT2D eigenvalue weighted by Crippen LogP contribution is 2.29. The van der Waals surface area contributed by atoms with Crippen molar-refractivity contribution in [3.05, 3.63) is 12.7 Å². The summed E-state index contributed by atoms with van der Waals surface area (Å²) < 4.78 is 0. The molecule has 0 radical (unpaired) electrons. The van der Waals surface area contributed by atoms with Gasteiger partial charge < -0.3 is 10.6 Å². The van der Waals surface area contributed by atoms with Crippen molar-refractivity contribution < 1.29 is 4.79 Å². The van der Waals surface area contributed by atoms with E-state index in [2.05, 4.69) is 11.5 Å². The van der Waals surface area contributed by atoms with Gasteiger partial charge in [-0.25, -0.2) is 0 Å². The highest BCUT2D eigenvalue weighted by molar-refractivity contribution is 5.86. The van der Waals surface area contributed by atoms with E-state index in [1.54, 1.807) is 0 Å². The molecular weight excluding hydrogens is 214 g/mol. The van der Waals surface area contributed by atoms with Crippen LogP contribution < -0.4 is 5.73 Å². The van der Waals surface area contributed by atoms with Gasteiger partial charge in [-0.1, -0.05) is 18.9 Å². The van der Waals surface area contributed by atoms with E-state index in [1.165, 1.54) is 0 Å². The molecule has 1 amide bonds. The molecule has 4 heteroatoms. The van der Waals surface area contributed by atoms with Gasteiger partial charge in [-0.15, -0.1) is 6.58 Å². The first kappa shape index (κ1) is 12.6. The average molecular weight is 237 g/mol. The van der Waals surface area contributed by atoms with Crippen molar-refractivity contribution in [3.8, 4) is 0 Å². The van der Waals surface area contributed by atoms with Crippen LogP contribution in [0.3, 0.4) is 0 Å². The van der Waals surface area contributed by atoms with Crippen LogP contribution in [0.1, 0.15) is 25.7 Å². The number of hydrogen-bond acceptors (Lipinski definition) is 3. The quantitative estimate of drug-likeness (QED) is 0.731. The van der Waals surface area contributed by atoms with Crippen LogP contribution in [0.15, 0.2) is 12.7 Å². The normalized spacial score (nSPS) is 24.9. The predicted octanol–water partition coefficient (Wildman–Crippen LogP) is 0.588. The molecule has 0 bridgehead atoms. The van der Waals surface area contributed by atoms with Gasteiger partial charge in [0.1, 0.15) is 0 Å². The van der Waals surface area contributed by atoms with Gasteiger partial charge in [0, 0.05) is 32.7 Å². The molecule has 0 spiro atoms. The summed E-state index contributed by atoms with van der Waals surface area (Å²) >= 11 is 0. The molecule has 0 aromatic rings. The highest BCUT2D eigenvalue weighted by atomic mass is 16.2. The third-order valence-corrected chi connectivity index (χ3v) is 3.97. The van der Waals surface area contributed by atoms with Crippen LogP contribution in [0.5, 0.6) is 0 Å². The lowest BCUT2D eigenvalue weighted by atomic mass is 9.97. The number of carbonyl (C=O) groups excluding carboxylic acids is 1. The number of piperazine rings is 1. The number of carbonyl (C=O) groups is 1. The van der Waals surface area contributed by atoms with Crippen molar-refractivity contribution in [1.29, 1.82) is 0 Å². The standard InChI is InChI=1S/C13H23N3O/c1-2-7-15-8-10-16(11-9-15)12(17)13(14)5-3-4-6-13/h2H,1,3-11,14H2. The van der Waals surface area contributed by atoms with Crippen LogP contribution in [0.2, 0.25) is 0 Å². The number of nitrogens with two attached hydrogens (primary N) is 1. The van der Waals surface area contributed by atoms with E-state index in [1.807, 2.05) is 11.0 Å². The number of nitrogens with zero attached hydrogens (tertiary/aromatic N) is 2. The van der Waals surface area contributed by atoms with E-state index in [4.69, 9.17) is 5.73 Å². The zero-order valence-electron chi connectivity index (χ0n) is 10.5. The molecule has 1 saturated heterocycles. The lowest BCUT2D eigenvalue weighted by Gasteiger charge is -2.38. The number of rotatable bonds is 3. The Balaban J connectivity index is 1.88. The first-order chi connectivity index (χ1) is 8.15. The van der Waals surface area contributed by atoms with Crippen molar-refractivity contribution in [1.82, 2.24) is 9.80 Å². The SMILES string of the molecule is C=CCN1CCN(C(=O)C2(N)CCCC2)CC1. The first-order valence-corrected chi connectivity index (χ1v) is 6.57. The van der Waals surface area contributed by atoms with Crippen molar-refractivity contribution >= 4 is 5.91 Å². The van der Waals surface area contributed by atoms with Crippen LogP contribution in [0, 0.1) is 0 Å². The third kappa shape index (κ3) is 2.69. The first-order valence-electron chi connectivity index (χ1n) is 6.57. The minimum absolute atomic E-state index is 0.174. The molecule has 4 nitrogen and oxygen atoms in total. The summed E-state index contributed by atoms with van der Waals surface area (Å²) in [5.74, 6) is 0.174. The van der Waals surface area contributed by atoms with Crippen LogP contribution in [-0.2, 0) is 4.79 Å². The molecule has 0 unspecified atom stereocenters. The fourth-order valence-corrected chi connectivity index (χ4v) is 2.85. The molecule has 2 rings (SSSR count). The topological polar surface area (TPSA) is 49.6 Å². The third-order valence-electron chi connectivity index (χ3n) is 3.97. The van der Waals surface area contributed by atoms with Gasteiger partial charge in [0.2, 0.25) is 5.91 Å². The minimum Gasteiger partial charge on any atom is -0.339 e. The molecule has 1 saturated carbocycles. The summed E-state index contributed by atoms with van der Waals surface area (Å²) in [6.45, 7) is 8.15. The van der Waals surface area contributed by atoms with Gasteiger partial charge in [0.05, 0.1) is 5.54 Å². The molecule has 1 aliphatic carbocycles. The second-order valence-corrected chi connectivity index (χ2v) is 5.24. The maximum atomic E-state index is 12.3. The minimum atomic E-state index is -0.555. The Hall–Kier alpha value is -0.870. The molecule has 0 aromatic carbocycles. The van der Waals surface area contributed by atoms with Gasteiger partial charge in [-0.3, -0.25) is 9.69 Å². The Morgan fingerprint density at radius 1 is 1.24 bits per heavy atom. The van der Waals surface area contributed by atoms with Crippen LogP contribution in [-0.4, -0.2) is 54.0 Å². The summed E-state index contributed by atoms with van der Waals surface area (Å²) in [5.41, 5.74) is 5.65. The Labute approximate surface area is 103 Å². The van der Waals surface area contributed by atoms with E-state index < -0.39 is 5.54 Å². The summed E-state index contributed by atoms with van der Waals surface area (Å²) in [6.07, 6.45) is 5.83. The van der Waals surface area contributed by atoms with Crippen molar-refractivity contribution in [2.75, 3.05) is 32.7 Å².